The van der Waals surface area contributed by atoms with Crippen molar-refractivity contribution in [1.29, 1.82) is 0 Å². The molecule has 1 heterocycles. The van der Waals surface area contributed by atoms with Crippen LogP contribution in [0.15, 0.2) is 24.3 Å². The molecule has 0 unspecified atom stereocenters. The third kappa shape index (κ3) is 1.54. The van der Waals surface area contributed by atoms with E-state index >= 15 is 0 Å². The fourth-order valence-electron chi connectivity index (χ4n) is 1.29. The first kappa shape index (κ1) is 9.97. The highest BCUT2D eigenvalue weighted by atomic mass is 16.4. The molecule has 2 rings (SSSR count). The number of carboxylic acid groups (broad SMARTS) is 1. The second kappa shape index (κ2) is 3.54. The van der Waals surface area contributed by atoms with E-state index in [9.17, 15) is 4.79 Å². The number of nitrogens with two attached hydrogens (primary N) is 2. The fraction of sp³-hybridized carbons (Fsp3) is 0. The molecule has 7 nitrogen and oxygen atoms in total. The number of carboxylic acids is 1. The number of carbonyl (C=O) groups is 1. The monoisotopic (exact) mass is 219 g/mol. The highest BCUT2D eigenvalue weighted by molar-refractivity contribution is 5.89. The Balaban J connectivity index is 2.52. The van der Waals surface area contributed by atoms with Crippen LogP contribution < -0.4 is 11.6 Å². The quantitative estimate of drug-likeness (QED) is 0.608. The summed E-state index contributed by atoms with van der Waals surface area (Å²) in [5.74, 6) is 4.95. The summed E-state index contributed by atoms with van der Waals surface area (Å²) in [5, 5.41) is 16.2. The number of aromatic nitrogens is 3. The minimum atomic E-state index is -1.02. The van der Waals surface area contributed by atoms with Gasteiger partial charge in [-0.1, -0.05) is 12.1 Å². The second-order valence-corrected chi connectivity index (χ2v) is 3.14. The Kier molecular flexibility index (Phi) is 2.20. The molecule has 0 saturated heterocycles. The predicted molar refractivity (Wildman–Crippen MR) is 57.0 cm³/mol. The Bertz CT molecular complexity index is 549. The highest BCUT2D eigenvalue weighted by Crippen LogP contribution is 2.18. The first-order valence-electron chi connectivity index (χ1n) is 4.39. The third-order valence-corrected chi connectivity index (χ3v) is 2.09. The Morgan fingerprint density at radius 3 is 2.69 bits per heavy atom. The molecular weight excluding hydrogens is 210 g/mol. The zero-order valence-electron chi connectivity index (χ0n) is 8.16. The molecule has 1 aromatic carbocycles. The SMILES string of the molecule is Nc1nnc(-c2cccc(C(=O)O)c2)n1N. The van der Waals surface area contributed by atoms with Crippen molar-refractivity contribution in [2.24, 2.45) is 0 Å². The molecule has 0 saturated carbocycles. The van der Waals surface area contributed by atoms with E-state index in [0.29, 0.717) is 11.4 Å². The number of anilines is 1. The molecule has 1 aromatic heterocycles. The van der Waals surface area contributed by atoms with E-state index in [2.05, 4.69) is 10.2 Å². The summed E-state index contributed by atoms with van der Waals surface area (Å²) in [6.07, 6.45) is 0. The van der Waals surface area contributed by atoms with Crippen molar-refractivity contribution in [3.8, 4) is 11.4 Å². The molecule has 0 aliphatic carbocycles. The first-order valence-corrected chi connectivity index (χ1v) is 4.39. The van der Waals surface area contributed by atoms with Crippen LogP contribution in [0.1, 0.15) is 10.4 Å². The number of aromatic carboxylic acids is 1. The van der Waals surface area contributed by atoms with E-state index in [-0.39, 0.29) is 11.5 Å². The van der Waals surface area contributed by atoms with Crippen molar-refractivity contribution in [1.82, 2.24) is 14.9 Å². The summed E-state index contributed by atoms with van der Waals surface area (Å²) >= 11 is 0. The number of hydrogen-bond donors (Lipinski definition) is 3. The summed E-state index contributed by atoms with van der Waals surface area (Å²) in [7, 11) is 0. The van der Waals surface area contributed by atoms with E-state index in [1.807, 2.05) is 0 Å². The summed E-state index contributed by atoms with van der Waals surface area (Å²) < 4.78 is 1.10. The Labute approximate surface area is 90.3 Å². The normalized spacial score (nSPS) is 10.2. The number of rotatable bonds is 2. The summed E-state index contributed by atoms with van der Waals surface area (Å²) in [6, 6.07) is 6.21. The third-order valence-electron chi connectivity index (χ3n) is 2.09. The predicted octanol–water partition coefficient (Wildman–Crippen LogP) is -0.0607. The molecule has 7 heteroatoms. The van der Waals surface area contributed by atoms with Crippen molar-refractivity contribution < 1.29 is 9.90 Å². The van der Waals surface area contributed by atoms with Crippen molar-refractivity contribution in [2.75, 3.05) is 11.6 Å². The van der Waals surface area contributed by atoms with Gasteiger partial charge in [-0.3, -0.25) is 0 Å². The number of benzene rings is 1. The maximum Gasteiger partial charge on any atom is 0.335 e. The van der Waals surface area contributed by atoms with Gasteiger partial charge < -0.3 is 16.7 Å². The van der Waals surface area contributed by atoms with Gasteiger partial charge in [-0.05, 0) is 12.1 Å². The number of hydrogen-bond acceptors (Lipinski definition) is 5. The molecule has 0 aliphatic rings. The molecule has 0 atom stereocenters. The van der Waals surface area contributed by atoms with Crippen molar-refractivity contribution in [2.45, 2.75) is 0 Å². The molecule has 5 N–H and O–H groups in total. The Morgan fingerprint density at radius 1 is 1.38 bits per heavy atom. The van der Waals surface area contributed by atoms with Gasteiger partial charge in [0.1, 0.15) is 0 Å². The van der Waals surface area contributed by atoms with E-state index in [1.165, 1.54) is 12.1 Å². The molecule has 0 aliphatic heterocycles. The molecule has 0 fully saturated rings. The summed E-state index contributed by atoms with van der Waals surface area (Å²) in [6.45, 7) is 0. The van der Waals surface area contributed by atoms with Gasteiger partial charge in [-0.2, -0.15) is 0 Å². The lowest BCUT2D eigenvalue weighted by Crippen LogP contribution is -2.13. The van der Waals surface area contributed by atoms with Gasteiger partial charge in [0.2, 0.25) is 5.95 Å². The Hall–Kier alpha value is -2.57. The van der Waals surface area contributed by atoms with Crippen LogP contribution in [0.3, 0.4) is 0 Å². The lowest BCUT2D eigenvalue weighted by molar-refractivity contribution is 0.0697. The van der Waals surface area contributed by atoms with Crippen LogP contribution in [0.2, 0.25) is 0 Å². The molecule has 82 valence electrons. The van der Waals surface area contributed by atoms with E-state index in [0.717, 1.165) is 4.68 Å². The Morgan fingerprint density at radius 2 is 2.12 bits per heavy atom. The molecule has 2 aromatic rings. The lowest BCUT2D eigenvalue weighted by Gasteiger charge is -2.02. The fourth-order valence-corrected chi connectivity index (χ4v) is 1.29. The summed E-state index contributed by atoms with van der Waals surface area (Å²) in [4.78, 5) is 10.8. The van der Waals surface area contributed by atoms with Crippen molar-refractivity contribution in [3.63, 3.8) is 0 Å². The second-order valence-electron chi connectivity index (χ2n) is 3.14. The van der Waals surface area contributed by atoms with Gasteiger partial charge in [0.05, 0.1) is 5.56 Å². The van der Waals surface area contributed by atoms with Gasteiger partial charge in [0, 0.05) is 5.56 Å². The van der Waals surface area contributed by atoms with Gasteiger partial charge in [-0.25, -0.2) is 9.47 Å². The van der Waals surface area contributed by atoms with Gasteiger partial charge >= 0.3 is 5.97 Å². The zero-order valence-corrected chi connectivity index (χ0v) is 8.16. The topological polar surface area (TPSA) is 120 Å². The first-order chi connectivity index (χ1) is 7.59. The van der Waals surface area contributed by atoms with E-state index in [1.54, 1.807) is 12.1 Å². The average molecular weight is 219 g/mol. The highest BCUT2D eigenvalue weighted by Gasteiger charge is 2.11. The van der Waals surface area contributed by atoms with Crippen molar-refractivity contribution >= 4 is 11.9 Å². The van der Waals surface area contributed by atoms with E-state index in [4.69, 9.17) is 16.7 Å². The van der Waals surface area contributed by atoms with Crippen LogP contribution >= 0.6 is 0 Å². The van der Waals surface area contributed by atoms with Gasteiger partial charge in [-0.15, -0.1) is 10.2 Å². The molecule has 0 radical (unpaired) electrons. The van der Waals surface area contributed by atoms with Crippen molar-refractivity contribution in [3.05, 3.63) is 29.8 Å². The molecule has 0 spiro atoms. The molecule has 16 heavy (non-hydrogen) atoms. The van der Waals surface area contributed by atoms with Crippen LogP contribution in [0.25, 0.3) is 11.4 Å². The maximum absolute atomic E-state index is 10.8. The van der Waals surface area contributed by atoms with Crippen LogP contribution in [-0.4, -0.2) is 25.9 Å². The molecular formula is C9H9N5O2. The maximum atomic E-state index is 10.8. The number of nitrogens with zero attached hydrogens (tertiary/aromatic N) is 3. The minimum absolute atomic E-state index is 0.0655. The summed E-state index contributed by atoms with van der Waals surface area (Å²) in [5.41, 5.74) is 6.12. The zero-order chi connectivity index (χ0) is 11.7. The van der Waals surface area contributed by atoms with E-state index < -0.39 is 5.97 Å². The standard InChI is InChI=1S/C9H9N5O2/c10-9-13-12-7(14(9)11)5-2-1-3-6(4-5)8(15)16/h1-4H,11H2,(H2,10,13)(H,15,16). The number of nitrogen functional groups attached to an aromatic ring is 2. The largest absolute Gasteiger partial charge is 0.478 e. The molecule has 0 bridgehead atoms. The van der Waals surface area contributed by atoms with Gasteiger partial charge in [0.25, 0.3) is 0 Å². The van der Waals surface area contributed by atoms with Crippen LogP contribution in [0, 0.1) is 0 Å². The van der Waals surface area contributed by atoms with Crippen LogP contribution in [0.4, 0.5) is 5.95 Å². The lowest BCUT2D eigenvalue weighted by atomic mass is 10.1. The van der Waals surface area contributed by atoms with Crippen LogP contribution in [0.5, 0.6) is 0 Å². The average Bonchev–Trinajstić information content (AvgIpc) is 2.60. The van der Waals surface area contributed by atoms with Gasteiger partial charge in [0.15, 0.2) is 5.82 Å². The smallest absolute Gasteiger partial charge is 0.335 e. The molecule has 0 amide bonds. The minimum Gasteiger partial charge on any atom is -0.478 e. The van der Waals surface area contributed by atoms with Crippen LogP contribution in [-0.2, 0) is 0 Å².